The van der Waals surface area contributed by atoms with Crippen molar-refractivity contribution in [1.29, 1.82) is 0 Å². The van der Waals surface area contributed by atoms with Crippen LogP contribution >= 0.6 is 11.3 Å². The van der Waals surface area contributed by atoms with Crippen LogP contribution in [0.3, 0.4) is 0 Å². The van der Waals surface area contributed by atoms with Crippen molar-refractivity contribution in [3.05, 3.63) is 86.8 Å². The summed E-state index contributed by atoms with van der Waals surface area (Å²) in [7, 11) is -1.96. The quantitative estimate of drug-likeness (QED) is 0.428. The van der Waals surface area contributed by atoms with E-state index in [2.05, 4.69) is 21.8 Å². The van der Waals surface area contributed by atoms with Crippen molar-refractivity contribution in [2.24, 2.45) is 0 Å². The highest BCUT2D eigenvalue weighted by molar-refractivity contribution is 7.92. The van der Waals surface area contributed by atoms with Gasteiger partial charge in [0.2, 0.25) is 0 Å². The summed E-state index contributed by atoms with van der Waals surface area (Å²) in [4.78, 5) is 20.0. The highest BCUT2D eigenvalue weighted by Gasteiger charge is 2.28. The lowest BCUT2D eigenvalue weighted by Crippen LogP contribution is -2.24. The van der Waals surface area contributed by atoms with Crippen LogP contribution in [0.1, 0.15) is 21.7 Å². The molecule has 2 aliphatic heterocycles. The van der Waals surface area contributed by atoms with Crippen LogP contribution < -0.4 is 15.3 Å². The van der Waals surface area contributed by atoms with Gasteiger partial charge in [-0.15, -0.1) is 11.3 Å². The minimum Gasteiger partial charge on any atom is -0.364 e. The largest absolute Gasteiger partial charge is 0.364 e. The summed E-state index contributed by atoms with van der Waals surface area (Å²) in [6.45, 7) is 6.38. The molecule has 0 spiro atoms. The first-order chi connectivity index (χ1) is 15.7. The maximum atomic E-state index is 13.0. The topological polar surface area (TPSA) is 84.3 Å². The Balaban J connectivity index is 1.75. The van der Waals surface area contributed by atoms with Gasteiger partial charge in [0.15, 0.2) is 5.82 Å². The molecule has 2 aromatic rings. The zero-order chi connectivity index (χ0) is 23.8. The van der Waals surface area contributed by atoms with Crippen LogP contribution in [0.15, 0.2) is 64.3 Å². The van der Waals surface area contributed by atoms with Crippen LogP contribution in [-0.2, 0) is 16.4 Å². The normalized spacial score (nSPS) is 11.6. The highest BCUT2D eigenvalue weighted by Crippen LogP contribution is 2.38. The van der Waals surface area contributed by atoms with Crippen molar-refractivity contribution < 1.29 is 8.42 Å². The van der Waals surface area contributed by atoms with Crippen molar-refractivity contribution in [2.45, 2.75) is 32.1 Å². The average Bonchev–Trinajstić information content (AvgIpc) is 3.10. The molecule has 33 heavy (non-hydrogen) atoms. The second kappa shape index (κ2) is 8.99. The SMILES string of the molecule is Cc1ccc(S(=O)(=O)Nc2nc(=O)n3c(C)c(C)sc(N(C)CCc4ccccc4)c2-3)cc1. The second-order valence-corrected chi connectivity index (χ2v) is 10.9. The number of fused-ring (bicyclic) bond motifs is 1. The van der Waals surface area contributed by atoms with E-state index in [9.17, 15) is 13.2 Å². The third kappa shape index (κ3) is 4.65. The molecule has 0 fully saturated rings. The van der Waals surface area contributed by atoms with Crippen LogP contribution in [0, 0.1) is 20.8 Å². The number of hydrogen-bond donors (Lipinski definition) is 1. The molecule has 9 heteroatoms. The van der Waals surface area contributed by atoms with E-state index in [0.29, 0.717) is 12.2 Å². The van der Waals surface area contributed by atoms with Gasteiger partial charge in [0, 0.05) is 24.2 Å². The van der Waals surface area contributed by atoms with Crippen molar-refractivity contribution >= 4 is 32.2 Å². The van der Waals surface area contributed by atoms with Gasteiger partial charge in [0.25, 0.3) is 10.0 Å². The molecule has 0 bridgehead atoms. The molecule has 172 valence electrons. The van der Waals surface area contributed by atoms with Crippen LogP contribution in [0.2, 0.25) is 0 Å². The van der Waals surface area contributed by atoms with E-state index >= 15 is 0 Å². The first-order valence-corrected chi connectivity index (χ1v) is 12.8. The molecule has 0 radical (unpaired) electrons. The van der Waals surface area contributed by atoms with Gasteiger partial charge in [0.05, 0.1) is 4.90 Å². The molecule has 4 rings (SSSR count). The zero-order valence-corrected chi connectivity index (χ0v) is 20.6. The first-order valence-electron chi connectivity index (χ1n) is 10.5. The number of benzene rings is 2. The lowest BCUT2D eigenvalue weighted by atomic mass is 10.1. The first kappa shape index (κ1) is 23.0. The lowest BCUT2D eigenvalue weighted by Gasteiger charge is -2.24. The number of aryl methyl sites for hydroxylation is 2. The molecule has 0 aliphatic carbocycles. The Bertz CT molecular complexity index is 1410. The van der Waals surface area contributed by atoms with E-state index in [4.69, 9.17) is 0 Å². The molecule has 0 unspecified atom stereocenters. The standard InChI is InChI=1S/C24H26N4O3S2/c1-16-10-12-20(13-11-16)33(30,31)26-22-21-23(27(4)15-14-19-8-6-5-7-9-19)32-18(3)17(2)28(21)24(29)25-22/h5-13H,14-15H2,1-4H3,(H,25,26,29). The zero-order valence-electron chi connectivity index (χ0n) is 19.0. The van der Waals surface area contributed by atoms with Crippen LogP contribution in [0.4, 0.5) is 10.8 Å². The lowest BCUT2D eigenvalue weighted by molar-refractivity contribution is 0.601. The average molecular weight is 483 g/mol. The van der Waals surface area contributed by atoms with Crippen LogP contribution in [0.5, 0.6) is 0 Å². The molecule has 2 aromatic carbocycles. The Morgan fingerprint density at radius 1 is 1.03 bits per heavy atom. The number of aromatic nitrogens is 2. The van der Waals surface area contributed by atoms with E-state index in [1.54, 1.807) is 24.3 Å². The summed E-state index contributed by atoms with van der Waals surface area (Å²) in [6.07, 6.45) is 0.811. The Kier molecular flexibility index (Phi) is 6.27. The predicted octanol–water partition coefficient (Wildman–Crippen LogP) is 4.14. The number of nitrogens with zero attached hydrogens (tertiary/aromatic N) is 3. The fourth-order valence-electron chi connectivity index (χ4n) is 3.61. The van der Waals surface area contributed by atoms with E-state index < -0.39 is 15.7 Å². The summed E-state index contributed by atoms with van der Waals surface area (Å²) in [5.41, 5.74) is 2.87. The molecule has 0 saturated carbocycles. The van der Waals surface area contributed by atoms with Gasteiger partial charge >= 0.3 is 5.69 Å². The van der Waals surface area contributed by atoms with Crippen molar-refractivity contribution in [2.75, 3.05) is 23.2 Å². The third-order valence-electron chi connectivity index (χ3n) is 5.63. The van der Waals surface area contributed by atoms with Gasteiger partial charge in [-0.1, -0.05) is 48.0 Å². The number of rotatable bonds is 7. The number of hydrogen-bond acceptors (Lipinski definition) is 6. The Morgan fingerprint density at radius 2 is 1.70 bits per heavy atom. The van der Waals surface area contributed by atoms with Gasteiger partial charge in [-0.3, -0.25) is 9.29 Å². The molecule has 2 heterocycles. The molecule has 0 atom stereocenters. The van der Waals surface area contributed by atoms with Crippen LogP contribution in [0.25, 0.3) is 5.69 Å². The fraction of sp³-hybridized carbons (Fsp3) is 0.250. The molecule has 2 aliphatic rings. The van der Waals surface area contributed by atoms with Gasteiger partial charge in [-0.05, 0) is 44.9 Å². The smallest absolute Gasteiger partial charge is 0.354 e. The van der Waals surface area contributed by atoms with Crippen molar-refractivity contribution in [3.8, 4) is 5.69 Å². The van der Waals surface area contributed by atoms with Gasteiger partial charge in [0.1, 0.15) is 10.7 Å². The van der Waals surface area contributed by atoms with Crippen molar-refractivity contribution in [3.63, 3.8) is 0 Å². The molecule has 0 aromatic heterocycles. The van der Waals surface area contributed by atoms with E-state index in [1.165, 1.54) is 21.5 Å². The number of sulfonamides is 1. The molecule has 0 saturated heterocycles. The summed E-state index contributed by atoms with van der Waals surface area (Å²) in [6, 6.07) is 16.7. The number of likely N-dealkylation sites (N-methyl/N-ethyl adjacent to an activating group) is 1. The summed E-state index contributed by atoms with van der Waals surface area (Å²) in [5.74, 6) is 0.0430. The summed E-state index contributed by atoms with van der Waals surface area (Å²) < 4.78 is 30.1. The van der Waals surface area contributed by atoms with E-state index in [0.717, 1.165) is 27.6 Å². The number of anilines is 2. The Morgan fingerprint density at radius 3 is 2.36 bits per heavy atom. The molecule has 1 N–H and O–H groups in total. The van der Waals surface area contributed by atoms with E-state index in [1.807, 2.05) is 50.9 Å². The van der Waals surface area contributed by atoms with Gasteiger partial charge in [-0.25, -0.2) is 13.2 Å². The maximum absolute atomic E-state index is 13.0. The Labute approximate surface area is 197 Å². The molecular formula is C24H26N4O3S2. The number of imidazole rings is 1. The highest BCUT2D eigenvalue weighted by atomic mass is 32.2. The Hall–Kier alpha value is -3.17. The second-order valence-electron chi connectivity index (χ2n) is 8.05. The van der Waals surface area contributed by atoms with Gasteiger partial charge in [-0.2, -0.15) is 4.98 Å². The monoisotopic (exact) mass is 482 g/mol. The van der Waals surface area contributed by atoms with Gasteiger partial charge < -0.3 is 4.90 Å². The van der Waals surface area contributed by atoms with Crippen molar-refractivity contribution in [1.82, 2.24) is 9.55 Å². The molecular weight excluding hydrogens is 456 g/mol. The summed E-state index contributed by atoms with van der Waals surface area (Å²) in [5, 5.41) is 0.783. The van der Waals surface area contributed by atoms with Crippen LogP contribution in [-0.4, -0.2) is 31.6 Å². The summed E-state index contributed by atoms with van der Waals surface area (Å²) >= 11 is 1.52. The fourth-order valence-corrected chi connectivity index (χ4v) is 5.68. The third-order valence-corrected chi connectivity index (χ3v) is 8.29. The maximum Gasteiger partial charge on any atom is 0.354 e. The van der Waals surface area contributed by atoms with E-state index in [-0.39, 0.29) is 10.7 Å². The minimum absolute atomic E-state index is 0.0430. The minimum atomic E-state index is -3.91. The number of nitrogens with one attached hydrogen (secondary N) is 1. The molecule has 7 nitrogen and oxygen atoms in total. The predicted molar refractivity (Wildman–Crippen MR) is 134 cm³/mol. The molecule has 0 amide bonds.